The summed E-state index contributed by atoms with van der Waals surface area (Å²) in [6.07, 6.45) is 2.42. The van der Waals surface area contributed by atoms with Crippen molar-refractivity contribution in [3.05, 3.63) is 41.2 Å². The summed E-state index contributed by atoms with van der Waals surface area (Å²) in [6, 6.07) is 4.57. The van der Waals surface area contributed by atoms with Crippen LogP contribution in [0.4, 0.5) is 0 Å². The Labute approximate surface area is 183 Å². The number of β-amino-alcohol motifs (C(OH)–C–C–N with tert-alkyl or cyclic N) is 1. The minimum absolute atomic E-state index is 0.0315. The number of benzene rings is 1. The van der Waals surface area contributed by atoms with Gasteiger partial charge in [-0.1, -0.05) is 11.3 Å². The zero-order chi connectivity index (χ0) is 22.4. The maximum absolute atomic E-state index is 13.0. The zero-order valence-electron chi connectivity index (χ0n) is 17.2. The maximum Gasteiger partial charge on any atom is 0.255 e. The van der Waals surface area contributed by atoms with Crippen LogP contribution >= 0.6 is 0 Å². The molecule has 2 N–H and O–H groups in total. The van der Waals surface area contributed by atoms with Crippen LogP contribution in [0.3, 0.4) is 0 Å². The van der Waals surface area contributed by atoms with Crippen LogP contribution in [-0.4, -0.2) is 72.2 Å². The first kappa shape index (κ1) is 20.3. The highest BCUT2D eigenvalue weighted by atomic mass is 16.3. The van der Waals surface area contributed by atoms with Gasteiger partial charge in [-0.25, -0.2) is 4.68 Å². The van der Waals surface area contributed by atoms with Gasteiger partial charge in [-0.05, 0) is 25.0 Å². The normalized spacial score (nSPS) is 23.5. The third kappa shape index (κ3) is 3.54. The molecule has 2 atom stereocenters. The van der Waals surface area contributed by atoms with E-state index in [1.165, 1.54) is 4.90 Å². The molecule has 2 saturated heterocycles. The molecule has 11 nitrogen and oxygen atoms in total. The molecule has 2 aromatic rings. The number of piperidine rings is 2. The molecular formula is C21H22N6O5. The van der Waals surface area contributed by atoms with Crippen LogP contribution in [-0.2, 0) is 27.5 Å². The van der Waals surface area contributed by atoms with Gasteiger partial charge in [0, 0.05) is 37.1 Å². The second kappa shape index (κ2) is 7.83. The smallest absolute Gasteiger partial charge is 0.255 e. The summed E-state index contributed by atoms with van der Waals surface area (Å²) in [5, 5.41) is 20.5. The lowest BCUT2D eigenvalue weighted by atomic mass is 10.0. The van der Waals surface area contributed by atoms with E-state index in [-0.39, 0.29) is 43.8 Å². The molecular weight excluding hydrogens is 416 g/mol. The number of amides is 4. The van der Waals surface area contributed by atoms with Gasteiger partial charge >= 0.3 is 0 Å². The van der Waals surface area contributed by atoms with Crippen molar-refractivity contribution in [3.63, 3.8) is 0 Å². The number of nitrogens with zero attached hydrogens (tertiary/aromatic N) is 5. The number of carbonyl (C=O) groups excluding carboxylic acids is 4. The second-order valence-electron chi connectivity index (χ2n) is 8.32. The summed E-state index contributed by atoms with van der Waals surface area (Å²) >= 11 is 0. The van der Waals surface area contributed by atoms with Gasteiger partial charge in [0.25, 0.3) is 5.91 Å². The number of rotatable bonds is 4. The summed E-state index contributed by atoms with van der Waals surface area (Å²) in [6.45, 7) is 0.733. The van der Waals surface area contributed by atoms with Crippen LogP contribution in [0.5, 0.6) is 0 Å². The first-order chi connectivity index (χ1) is 15.4. The molecule has 32 heavy (non-hydrogen) atoms. The molecule has 4 heterocycles. The van der Waals surface area contributed by atoms with Gasteiger partial charge in [-0.3, -0.25) is 24.5 Å². The Morgan fingerprint density at radius 2 is 1.97 bits per heavy atom. The van der Waals surface area contributed by atoms with Gasteiger partial charge in [-0.2, -0.15) is 0 Å². The van der Waals surface area contributed by atoms with Crippen LogP contribution in [0.2, 0.25) is 0 Å². The van der Waals surface area contributed by atoms with Crippen LogP contribution in [0.25, 0.3) is 5.69 Å². The van der Waals surface area contributed by atoms with Crippen molar-refractivity contribution in [1.29, 1.82) is 0 Å². The summed E-state index contributed by atoms with van der Waals surface area (Å²) in [4.78, 5) is 51.9. The predicted octanol–water partition coefficient (Wildman–Crippen LogP) is -0.488. The standard InChI is InChI=1S/C21H22N6O5/c28-13-4-7-19(30)25(10-13)8-12-9-27(24-23-12)16-3-1-2-14-15(16)11-26(21(14)32)17-5-6-18(29)22-20(17)31/h1-3,9,13,17,28H,4-8,10-11H2,(H,22,29,31). The van der Waals surface area contributed by atoms with Crippen molar-refractivity contribution in [2.45, 2.75) is 50.9 Å². The van der Waals surface area contributed by atoms with Gasteiger partial charge in [0.05, 0.1) is 24.5 Å². The molecule has 3 aliphatic heterocycles. The fourth-order valence-electron chi connectivity index (χ4n) is 4.52. The number of fused-ring (bicyclic) bond motifs is 1. The Balaban J connectivity index is 1.38. The molecule has 0 spiro atoms. The van der Waals surface area contributed by atoms with Crippen molar-refractivity contribution >= 4 is 23.6 Å². The number of aromatic nitrogens is 3. The Hall–Kier alpha value is -3.60. The maximum atomic E-state index is 13.0. The zero-order valence-corrected chi connectivity index (χ0v) is 17.2. The van der Waals surface area contributed by atoms with Gasteiger partial charge in [-0.15, -0.1) is 5.10 Å². The van der Waals surface area contributed by atoms with Crippen molar-refractivity contribution < 1.29 is 24.3 Å². The summed E-state index contributed by atoms with van der Waals surface area (Å²) in [7, 11) is 0. The molecule has 3 aliphatic rings. The Bertz CT molecular complexity index is 1130. The first-order valence-electron chi connectivity index (χ1n) is 10.5. The summed E-state index contributed by atoms with van der Waals surface area (Å²) in [5.41, 5.74) is 2.44. The number of aliphatic hydroxyl groups is 1. The summed E-state index contributed by atoms with van der Waals surface area (Å²) < 4.78 is 1.56. The van der Waals surface area contributed by atoms with E-state index in [0.717, 1.165) is 5.56 Å². The molecule has 4 amide bonds. The number of hydrogen-bond acceptors (Lipinski definition) is 7. The molecule has 1 aromatic heterocycles. The van der Waals surface area contributed by atoms with Crippen molar-refractivity contribution in [1.82, 2.24) is 30.1 Å². The summed E-state index contributed by atoms with van der Waals surface area (Å²) in [5.74, 6) is -1.08. The van der Waals surface area contributed by atoms with E-state index in [0.29, 0.717) is 36.2 Å². The SMILES string of the molecule is O=C1CCC(N2Cc3c(cccc3-n3cc(CN4CC(O)CCC4=O)nn3)C2=O)C(=O)N1. The number of nitrogens with one attached hydrogen (secondary N) is 1. The van der Waals surface area contributed by atoms with Crippen molar-refractivity contribution in [3.8, 4) is 5.69 Å². The van der Waals surface area contributed by atoms with Crippen molar-refractivity contribution in [2.24, 2.45) is 0 Å². The number of carbonyl (C=O) groups is 4. The van der Waals surface area contributed by atoms with Crippen LogP contribution < -0.4 is 5.32 Å². The highest BCUT2D eigenvalue weighted by molar-refractivity contribution is 6.05. The molecule has 0 radical (unpaired) electrons. The van der Waals surface area contributed by atoms with E-state index in [2.05, 4.69) is 15.6 Å². The minimum Gasteiger partial charge on any atom is -0.391 e. The molecule has 2 unspecified atom stereocenters. The first-order valence-corrected chi connectivity index (χ1v) is 10.5. The van der Waals surface area contributed by atoms with E-state index in [1.807, 2.05) is 6.07 Å². The molecule has 0 bridgehead atoms. The Morgan fingerprint density at radius 1 is 1.12 bits per heavy atom. The van der Waals surface area contributed by atoms with E-state index < -0.39 is 18.1 Å². The third-order valence-corrected chi connectivity index (χ3v) is 6.17. The number of hydrogen-bond donors (Lipinski definition) is 2. The number of imide groups is 1. The van der Waals surface area contributed by atoms with Gasteiger partial charge < -0.3 is 14.9 Å². The molecule has 5 rings (SSSR count). The monoisotopic (exact) mass is 438 g/mol. The lowest BCUT2D eigenvalue weighted by Crippen LogP contribution is -2.52. The van der Waals surface area contributed by atoms with E-state index in [4.69, 9.17) is 0 Å². The average molecular weight is 438 g/mol. The van der Waals surface area contributed by atoms with Gasteiger partial charge in [0.2, 0.25) is 17.7 Å². The molecule has 1 aromatic carbocycles. The fraction of sp³-hybridized carbons (Fsp3) is 0.429. The molecule has 2 fully saturated rings. The van der Waals surface area contributed by atoms with Crippen molar-refractivity contribution in [2.75, 3.05) is 6.54 Å². The Kier molecular flexibility index (Phi) is 4.97. The molecule has 166 valence electrons. The lowest BCUT2D eigenvalue weighted by Gasteiger charge is -2.29. The van der Waals surface area contributed by atoms with Gasteiger partial charge in [0.1, 0.15) is 11.7 Å². The third-order valence-electron chi connectivity index (χ3n) is 6.17. The highest BCUT2D eigenvalue weighted by Crippen LogP contribution is 2.31. The number of likely N-dealkylation sites (tertiary alicyclic amines) is 1. The van der Waals surface area contributed by atoms with Crippen LogP contribution in [0, 0.1) is 0 Å². The fourth-order valence-corrected chi connectivity index (χ4v) is 4.52. The number of aliphatic hydroxyl groups excluding tert-OH is 1. The minimum atomic E-state index is -0.691. The van der Waals surface area contributed by atoms with E-state index in [1.54, 1.807) is 27.9 Å². The predicted molar refractivity (Wildman–Crippen MR) is 108 cm³/mol. The van der Waals surface area contributed by atoms with Crippen LogP contribution in [0.15, 0.2) is 24.4 Å². The van der Waals surface area contributed by atoms with Gasteiger partial charge in [0.15, 0.2) is 0 Å². The lowest BCUT2D eigenvalue weighted by molar-refractivity contribution is -0.138. The van der Waals surface area contributed by atoms with Crippen LogP contribution in [0.1, 0.15) is 47.3 Å². The average Bonchev–Trinajstić information content (AvgIpc) is 3.36. The van der Waals surface area contributed by atoms with E-state index >= 15 is 0 Å². The second-order valence-corrected chi connectivity index (χ2v) is 8.32. The largest absolute Gasteiger partial charge is 0.391 e. The highest BCUT2D eigenvalue weighted by Gasteiger charge is 2.40. The molecule has 0 saturated carbocycles. The Morgan fingerprint density at radius 3 is 2.78 bits per heavy atom. The molecule has 11 heteroatoms. The molecule has 0 aliphatic carbocycles. The topological polar surface area (TPSA) is 138 Å². The van der Waals surface area contributed by atoms with E-state index in [9.17, 15) is 24.3 Å². The quantitative estimate of drug-likeness (QED) is 0.615.